The summed E-state index contributed by atoms with van der Waals surface area (Å²) in [5, 5.41) is -0.164. The minimum Gasteiger partial charge on any atom is -0.326 e. The summed E-state index contributed by atoms with van der Waals surface area (Å²) in [6.45, 7) is 5.05. The highest BCUT2D eigenvalue weighted by Gasteiger charge is 2.42. The first-order chi connectivity index (χ1) is 9.54. The van der Waals surface area contributed by atoms with E-state index in [-0.39, 0.29) is 11.2 Å². The Morgan fingerprint density at radius 1 is 1.45 bits per heavy atom. The Morgan fingerprint density at radius 3 is 2.80 bits per heavy atom. The van der Waals surface area contributed by atoms with Gasteiger partial charge in [0.2, 0.25) is 0 Å². The molecule has 108 valence electrons. The average Bonchev–Trinajstić information content (AvgIpc) is 3.06. The fourth-order valence-corrected chi connectivity index (χ4v) is 3.28. The van der Waals surface area contributed by atoms with E-state index in [0.29, 0.717) is 5.41 Å². The second-order valence-electron chi connectivity index (χ2n) is 6.06. The minimum atomic E-state index is -0.215. The number of alkyl halides is 1. The zero-order chi connectivity index (χ0) is 14.3. The second kappa shape index (κ2) is 5.03. The van der Waals surface area contributed by atoms with Crippen LogP contribution in [0.5, 0.6) is 0 Å². The van der Waals surface area contributed by atoms with E-state index in [1.165, 1.54) is 31.7 Å². The fourth-order valence-electron chi connectivity index (χ4n) is 3.11. The van der Waals surface area contributed by atoms with E-state index in [1.807, 2.05) is 6.92 Å². The lowest BCUT2D eigenvalue weighted by Gasteiger charge is -2.18. The first-order valence-electron chi connectivity index (χ1n) is 7.34. The molecule has 0 saturated heterocycles. The number of hydrogen-bond acceptors (Lipinski definition) is 1. The van der Waals surface area contributed by atoms with Crippen molar-refractivity contribution in [3.63, 3.8) is 0 Å². The van der Waals surface area contributed by atoms with E-state index in [4.69, 9.17) is 11.6 Å². The molecular weight excluding hydrogens is 275 g/mol. The predicted molar refractivity (Wildman–Crippen MR) is 80.5 cm³/mol. The molecule has 0 N–H and O–H groups in total. The van der Waals surface area contributed by atoms with Crippen LogP contribution in [0.2, 0.25) is 0 Å². The van der Waals surface area contributed by atoms with E-state index < -0.39 is 0 Å². The quantitative estimate of drug-likeness (QED) is 0.705. The van der Waals surface area contributed by atoms with Gasteiger partial charge in [-0.1, -0.05) is 13.3 Å². The molecule has 1 heterocycles. The fraction of sp³-hybridized carbons (Fsp3) is 0.562. The first kappa shape index (κ1) is 13.9. The van der Waals surface area contributed by atoms with Crippen LogP contribution in [-0.2, 0) is 6.54 Å². The smallest absolute Gasteiger partial charge is 0.127 e. The molecule has 1 saturated carbocycles. The Balaban J connectivity index is 2.06. The maximum Gasteiger partial charge on any atom is 0.127 e. The third-order valence-electron chi connectivity index (χ3n) is 4.33. The lowest BCUT2D eigenvalue weighted by Crippen LogP contribution is -2.14. The van der Waals surface area contributed by atoms with Gasteiger partial charge in [-0.05, 0) is 49.8 Å². The summed E-state index contributed by atoms with van der Waals surface area (Å²) in [6, 6.07) is 4.78. The summed E-state index contributed by atoms with van der Waals surface area (Å²) >= 11 is 6.27. The van der Waals surface area contributed by atoms with Crippen molar-refractivity contribution in [2.24, 2.45) is 5.41 Å². The molecule has 2 nitrogen and oxygen atoms in total. The van der Waals surface area contributed by atoms with Crippen molar-refractivity contribution in [1.29, 1.82) is 0 Å². The molecule has 4 heteroatoms. The third kappa shape index (κ3) is 2.44. The molecule has 0 radical (unpaired) electrons. The van der Waals surface area contributed by atoms with Gasteiger partial charge in [0.15, 0.2) is 0 Å². The molecule has 1 aliphatic carbocycles. The van der Waals surface area contributed by atoms with Gasteiger partial charge in [0, 0.05) is 6.54 Å². The molecule has 0 aliphatic heterocycles. The number of imidazole rings is 1. The second-order valence-corrected chi connectivity index (χ2v) is 6.71. The van der Waals surface area contributed by atoms with Gasteiger partial charge in [0.05, 0.1) is 16.4 Å². The third-order valence-corrected chi connectivity index (χ3v) is 4.52. The molecular formula is C16H20ClFN2. The summed E-state index contributed by atoms with van der Waals surface area (Å²) in [6.07, 6.45) is 4.92. The molecule has 1 atom stereocenters. The molecule has 0 bridgehead atoms. The molecule has 2 aromatic rings. The van der Waals surface area contributed by atoms with Crippen molar-refractivity contribution in [3.8, 4) is 0 Å². The highest BCUT2D eigenvalue weighted by Crippen LogP contribution is 2.51. The summed E-state index contributed by atoms with van der Waals surface area (Å²) < 4.78 is 15.7. The highest BCUT2D eigenvalue weighted by atomic mass is 35.5. The maximum absolute atomic E-state index is 13.5. The van der Waals surface area contributed by atoms with Crippen LogP contribution >= 0.6 is 11.6 Å². The standard InChI is InChI=1S/C16H20ClFN2/c1-3-6-16(7-8-16)10-20-14-9-12(18)4-5-13(14)19-15(20)11(2)17/h4-5,9,11H,3,6-8,10H2,1-2H3. The van der Waals surface area contributed by atoms with Crippen molar-refractivity contribution in [1.82, 2.24) is 9.55 Å². The molecule has 1 unspecified atom stereocenters. The van der Waals surface area contributed by atoms with E-state index in [1.54, 1.807) is 12.1 Å². The predicted octanol–water partition coefficient (Wildman–Crippen LogP) is 5.06. The largest absolute Gasteiger partial charge is 0.326 e. The Labute approximate surface area is 123 Å². The number of aromatic nitrogens is 2. The zero-order valence-corrected chi connectivity index (χ0v) is 12.8. The number of halogens is 2. The van der Waals surface area contributed by atoms with Gasteiger partial charge in [-0.15, -0.1) is 11.6 Å². The van der Waals surface area contributed by atoms with Gasteiger partial charge in [-0.3, -0.25) is 0 Å². The lowest BCUT2D eigenvalue weighted by atomic mass is 10.0. The monoisotopic (exact) mass is 294 g/mol. The molecule has 0 spiro atoms. The molecule has 0 amide bonds. The van der Waals surface area contributed by atoms with Crippen molar-refractivity contribution in [2.45, 2.75) is 51.5 Å². The normalized spacial score (nSPS) is 18.4. The van der Waals surface area contributed by atoms with Crippen LogP contribution in [0.25, 0.3) is 11.0 Å². The lowest BCUT2D eigenvalue weighted by molar-refractivity contribution is 0.387. The van der Waals surface area contributed by atoms with Crippen molar-refractivity contribution >= 4 is 22.6 Å². The van der Waals surface area contributed by atoms with Gasteiger partial charge in [-0.25, -0.2) is 9.37 Å². The number of fused-ring (bicyclic) bond motifs is 1. The zero-order valence-electron chi connectivity index (χ0n) is 12.0. The first-order valence-corrected chi connectivity index (χ1v) is 7.78. The van der Waals surface area contributed by atoms with Gasteiger partial charge in [-0.2, -0.15) is 0 Å². The Hall–Kier alpha value is -1.09. The van der Waals surface area contributed by atoms with Crippen LogP contribution in [0.4, 0.5) is 4.39 Å². The topological polar surface area (TPSA) is 17.8 Å². The summed E-state index contributed by atoms with van der Waals surface area (Å²) in [4.78, 5) is 4.59. The average molecular weight is 295 g/mol. The van der Waals surface area contributed by atoms with Crippen LogP contribution in [-0.4, -0.2) is 9.55 Å². The molecule has 20 heavy (non-hydrogen) atoms. The van der Waals surface area contributed by atoms with Crippen molar-refractivity contribution in [2.75, 3.05) is 0 Å². The van der Waals surface area contributed by atoms with E-state index in [9.17, 15) is 4.39 Å². The minimum absolute atomic E-state index is 0.164. The summed E-state index contributed by atoms with van der Waals surface area (Å²) in [5.74, 6) is 0.641. The van der Waals surface area contributed by atoms with Crippen LogP contribution in [0.3, 0.4) is 0 Å². The van der Waals surface area contributed by atoms with Gasteiger partial charge in [0.25, 0.3) is 0 Å². The number of rotatable bonds is 5. The summed E-state index contributed by atoms with van der Waals surface area (Å²) in [7, 11) is 0. The van der Waals surface area contributed by atoms with Crippen LogP contribution < -0.4 is 0 Å². The van der Waals surface area contributed by atoms with Gasteiger partial charge < -0.3 is 4.57 Å². The van der Waals surface area contributed by atoms with E-state index in [2.05, 4.69) is 16.5 Å². The Kier molecular flexibility index (Phi) is 3.49. The highest BCUT2D eigenvalue weighted by molar-refractivity contribution is 6.20. The van der Waals surface area contributed by atoms with Crippen molar-refractivity contribution in [3.05, 3.63) is 29.8 Å². The maximum atomic E-state index is 13.5. The van der Waals surface area contributed by atoms with Crippen LogP contribution in [0.1, 0.15) is 50.7 Å². The number of benzene rings is 1. The van der Waals surface area contributed by atoms with E-state index >= 15 is 0 Å². The molecule has 1 aromatic heterocycles. The Morgan fingerprint density at radius 2 is 2.20 bits per heavy atom. The molecule has 1 aliphatic rings. The number of hydrogen-bond donors (Lipinski definition) is 0. The Bertz CT molecular complexity index is 629. The van der Waals surface area contributed by atoms with Gasteiger partial charge >= 0.3 is 0 Å². The molecule has 1 aromatic carbocycles. The van der Waals surface area contributed by atoms with Crippen LogP contribution in [0.15, 0.2) is 18.2 Å². The summed E-state index contributed by atoms with van der Waals surface area (Å²) in [5.41, 5.74) is 2.09. The molecule has 1 fully saturated rings. The van der Waals surface area contributed by atoms with E-state index in [0.717, 1.165) is 23.4 Å². The van der Waals surface area contributed by atoms with Crippen LogP contribution in [0, 0.1) is 11.2 Å². The van der Waals surface area contributed by atoms with Gasteiger partial charge in [0.1, 0.15) is 11.6 Å². The van der Waals surface area contributed by atoms with Crippen molar-refractivity contribution < 1.29 is 4.39 Å². The number of nitrogens with zero attached hydrogens (tertiary/aromatic N) is 2. The molecule has 3 rings (SSSR count). The SMILES string of the molecule is CCCC1(Cn2c(C(C)Cl)nc3ccc(F)cc32)CC1.